The number of fused-ring (bicyclic) bond motifs is 4. The van der Waals surface area contributed by atoms with E-state index in [1.54, 1.807) is 0 Å². The highest BCUT2D eigenvalue weighted by Crippen LogP contribution is 2.32. The number of piperidine rings is 1. The van der Waals surface area contributed by atoms with E-state index in [9.17, 15) is 9.59 Å². The molecular formula is C18H26N4O3. The summed E-state index contributed by atoms with van der Waals surface area (Å²) in [4.78, 5) is 31.6. The van der Waals surface area contributed by atoms with Crippen molar-refractivity contribution in [3.63, 3.8) is 0 Å². The summed E-state index contributed by atoms with van der Waals surface area (Å²) >= 11 is 0. The SMILES string of the molecule is Cc1noc(C)c1CN1C(=O)[C@@H]2CC[C@H]1CN(C(=O)N1CCCC1)C2. The molecule has 5 rings (SSSR count). The Hall–Kier alpha value is -2.05. The molecule has 3 amide bonds. The number of aromatic nitrogens is 1. The van der Waals surface area contributed by atoms with E-state index < -0.39 is 0 Å². The van der Waals surface area contributed by atoms with Crippen LogP contribution in [0.5, 0.6) is 0 Å². The first-order valence-corrected chi connectivity index (χ1v) is 9.30. The first-order chi connectivity index (χ1) is 12.0. The van der Waals surface area contributed by atoms with E-state index in [1.165, 1.54) is 0 Å². The van der Waals surface area contributed by atoms with E-state index in [2.05, 4.69) is 5.16 Å². The molecule has 136 valence electrons. The Morgan fingerprint density at radius 2 is 1.92 bits per heavy atom. The largest absolute Gasteiger partial charge is 0.361 e. The number of aryl methyl sites for hydroxylation is 2. The standard InChI is InChI=1S/C18H26N4O3/c1-12-16(13(2)25-19-12)11-22-15-6-5-14(17(22)23)9-21(10-15)18(24)20-7-3-4-8-20/h14-15H,3-11H2,1-2H3/t14-,15+/m1/s1. The molecule has 4 aliphatic heterocycles. The summed E-state index contributed by atoms with van der Waals surface area (Å²) in [7, 11) is 0. The zero-order valence-corrected chi connectivity index (χ0v) is 15.0. The summed E-state index contributed by atoms with van der Waals surface area (Å²) in [5, 5.41) is 4.00. The maximum absolute atomic E-state index is 13.0. The van der Waals surface area contributed by atoms with Crippen LogP contribution >= 0.6 is 0 Å². The van der Waals surface area contributed by atoms with Gasteiger partial charge in [0.05, 0.1) is 18.2 Å². The first kappa shape index (κ1) is 16.4. The van der Waals surface area contributed by atoms with Crippen molar-refractivity contribution in [3.8, 4) is 0 Å². The van der Waals surface area contributed by atoms with Crippen LogP contribution in [0.4, 0.5) is 4.79 Å². The second-order valence-electron chi connectivity index (χ2n) is 7.58. The number of likely N-dealkylation sites (tertiary alicyclic amines) is 1. The Balaban J connectivity index is 1.53. The van der Waals surface area contributed by atoms with Gasteiger partial charge in [0.2, 0.25) is 5.91 Å². The van der Waals surface area contributed by atoms with Crippen LogP contribution in [0.15, 0.2) is 4.52 Å². The average Bonchev–Trinajstić information content (AvgIpc) is 3.14. The van der Waals surface area contributed by atoms with Crippen molar-refractivity contribution < 1.29 is 14.1 Å². The molecule has 1 aromatic heterocycles. The van der Waals surface area contributed by atoms with Gasteiger partial charge in [-0.25, -0.2) is 4.79 Å². The molecule has 0 N–H and O–H groups in total. The second-order valence-corrected chi connectivity index (χ2v) is 7.58. The Labute approximate surface area is 147 Å². The summed E-state index contributed by atoms with van der Waals surface area (Å²) < 4.78 is 5.25. The fraction of sp³-hybridized carbons (Fsp3) is 0.722. The molecule has 5 heterocycles. The minimum Gasteiger partial charge on any atom is -0.361 e. The van der Waals surface area contributed by atoms with Crippen molar-refractivity contribution in [1.82, 2.24) is 19.9 Å². The first-order valence-electron chi connectivity index (χ1n) is 9.30. The van der Waals surface area contributed by atoms with Crippen LogP contribution in [0.2, 0.25) is 0 Å². The summed E-state index contributed by atoms with van der Waals surface area (Å²) in [6.45, 7) is 7.23. The topological polar surface area (TPSA) is 69.9 Å². The molecular weight excluding hydrogens is 320 g/mol. The van der Waals surface area contributed by atoms with Gasteiger partial charge < -0.3 is 19.2 Å². The molecule has 25 heavy (non-hydrogen) atoms. The van der Waals surface area contributed by atoms with Crippen LogP contribution in [0.1, 0.15) is 42.7 Å². The van der Waals surface area contributed by atoms with Crippen molar-refractivity contribution >= 4 is 11.9 Å². The van der Waals surface area contributed by atoms with Gasteiger partial charge in [-0.2, -0.15) is 0 Å². The highest BCUT2D eigenvalue weighted by Gasteiger charge is 2.43. The Kier molecular flexibility index (Phi) is 4.17. The second kappa shape index (κ2) is 6.35. The molecule has 4 fully saturated rings. The monoisotopic (exact) mass is 346 g/mol. The molecule has 7 nitrogen and oxygen atoms in total. The predicted molar refractivity (Wildman–Crippen MR) is 90.8 cm³/mol. The highest BCUT2D eigenvalue weighted by molar-refractivity contribution is 5.83. The number of rotatable bonds is 2. The maximum Gasteiger partial charge on any atom is 0.320 e. The molecule has 0 aromatic carbocycles. The van der Waals surface area contributed by atoms with Crippen LogP contribution in [-0.2, 0) is 11.3 Å². The van der Waals surface area contributed by atoms with Gasteiger partial charge in [-0.05, 0) is 39.5 Å². The number of urea groups is 1. The molecule has 0 radical (unpaired) electrons. The fourth-order valence-corrected chi connectivity index (χ4v) is 4.41. The number of hydrogen-bond acceptors (Lipinski definition) is 4. The van der Waals surface area contributed by atoms with Crippen molar-refractivity contribution in [2.45, 2.75) is 52.1 Å². The van der Waals surface area contributed by atoms with Gasteiger partial charge in [0.25, 0.3) is 0 Å². The third kappa shape index (κ3) is 2.89. The van der Waals surface area contributed by atoms with Gasteiger partial charge in [-0.3, -0.25) is 4.79 Å². The lowest BCUT2D eigenvalue weighted by Gasteiger charge is -2.36. The number of hydrogen-bond donors (Lipinski definition) is 0. The van der Waals surface area contributed by atoms with Crippen LogP contribution in [0.3, 0.4) is 0 Å². The van der Waals surface area contributed by atoms with Crippen LogP contribution < -0.4 is 0 Å². The predicted octanol–water partition coefficient (Wildman–Crippen LogP) is 1.93. The lowest BCUT2D eigenvalue weighted by Crippen LogP contribution is -2.48. The molecule has 2 bridgehead atoms. The van der Waals surface area contributed by atoms with E-state index in [-0.39, 0.29) is 23.9 Å². The van der Waals surface area contributed by atoms with Crippen molar-refractivity contribution in [3.05, 3.63) is 17.0 Å². The average molecular weight is 346 g/mol. The lowest BCUT2D eigenvalue weighted by molar-refractivity contribution is -0.140. The van der Waals surface area contributed by atoms with Gasteiger partial charge in [0.1, 0.15) is 5.76 Å². The van der Waals surface area contributed by atoms with Crippen molar-refractivity contribution in [2.75, 3.05) is 26.2 Å². The molecule has 0 saturated carbocycles. The molecule has 2 atom stereocenters. The maximum atomic E-state index is 13.0. The number of carbonyl (C=O) groups excluding carboxylic acids is 2. The van der Waals surface area contributed by atoms with Gasteiger partial charge >= 0.3 is 6.03 Å². The fourth-order valence-electron chi connectivity index (χ4n) is 4.41. The minimum absolute atomic E-state index is 0.0780. The summed E-state index contributed by atoms with van der Waals surface area (Å²) in [5.41, 5.74) is 1.84. The quantitative estimate of drug-likeness (QED) is 0.820. The summed E-state index contributed by atoms with van der Waals surface area (Å²) in [6, 6.07) is 0.202. The molecule has 0 spiro atoms. The molecule has 0 unspecified atom stereocenters. The van der Waals surface area contributed by atoms with E-state index in [1.807, 2.05) is 28.5 Å². The minimum atomic E-state index is -0.0780. The Morgan fingerprint density at radius 1 is 1.16 bits per heavy atom. The highest BCUT2D eigenvalue weighted by atomic mass is 16.5. The van der Waals surface area contributed by atoms with E-state index in [0.717, 1.165) is 55.8 Å². The Bertz CT molecular complexity index is 660. The number of nitrogens with zero attached hydrogens (tertiary/aromatic N) is 4. The van der Waals surface area contributed by atoms with Crippen molar-refractivity contribution in [1.29, 1.82) is 0 Å². The summed E-state index contributed by atoms with van der Waals surface area (Å²) in [5.74, 6) is 0.870. The van der Waals surface area contributed by atoms with Crippen LogP contribution in [0.25, 0.3) is 0 Å². The number of amides is 3. The molecule has 1 aromatic rings. The third-order valence-corrected chi connectivity index (χ3v) is 5.95. The normalized spacial score (nSPS) is 26.5. The smallest absolute Gasteiger partial charge is 0.320 e. The van der Waals surface area contributed by atoms with Gasteiger partial charge in [-0.1, -0.05) is 5.16 Å². The van der Waals surface area contributed by atoms with Crippen molar-refractivity contribution in [2.24, 2.45) is 5.92 Å². The van der Waals surface area contributed by atoms with Crippen LogP contribution in [0, 0.1) is 19.8 Å². The zero-order chi connectivity index (χ0) is 17.6. The van der Waals surface area contributed by atoms with Gasteiger partial charge in [-0.15, -0.1) is 0 Å². The third-order valence-electron chi connectivity index (χ3n) is 5.95. The molecule has 4 aliphatic rings. The van der Waals surface area contributed by atoms with E-state index >= 15 is 0 Å². The molecule has 4 saturated heterocycles. The van der Waals surface area contributed by atoms with Gasteiger partial charge in [0, 0.05) is 37.8 Å². The zero-order valence-electron chi connectivity index (χ0n) is 15.0. The van der Waals surface area contributed by atoms with E-state index in [0.29, 0.717) is 19.6 Å². The summed E-state index contributed by atoms with van der Waals surface area (Å²) in [6.07, 6.45) is 4.02. The van der Waals surface area contributed by atoms with Crippen LogP contribution in [-0.4, -0.2) is 64.0 Å². The van der Waals surface area contributed by atoms with E-state index in [4.69, 9.17) is 4.52 Å². The number of carbonyl (C=O) groups is 2. The lowest BCUT2D eigenvalue weighted by atomic mass is 9.93. The molecule has 0 aliphatic carbocycles. The Morgan fingerprint density at radius 3 is 2.60 bits per heavy atom. The molecule has 7 heteroatoms. The van der Waals surface area contributed by atoms with Gasteiger partial charge in [0.15, 0.2) is 0 Å².